The maximum absolute atomic E-state index is 14.5. The Kier molecular flexibility index (Phi) is 7.13. The maximum atomic E-state index is 14.5. The van der Waals surface area contributed by atoms with E-state index in [0.29, 0.717) is 40.9 Å². The monoisotopic (exact) mass is 571 g/mol. The van der Waals surface area contributed by atoms with Crippen molar-refractivity contribution in [1.29, 1.82) is 0 Å². The third kappa shape index (κ3) is 5.15. The van der Waals surface area contributed by atoms with Gasteiger partial charge < -0.3 is 14.5 Å². The first-order valence-electron chi connectivity index (χ1n) is 15.6. The Hall–Kier alpha value is -3.17. The number of nitrogens with zero attached hydrogens (tertiary/aromatic N) is 7. The van der Waals surface area contributed by atoms with Crippen molar-refractivity contribution in [2.45, 2.75) is 64.0 Å². The highest BCUT2D eigenvalue weighted by atomic mass is 19.1. The molecule has 3 aromatic rings. The number of aromatic nitrogens is 4. The summed E-state index contributed by atoms with van der Waals surface area (Å²) in [6.45, 7) is 8.89. The minimum Gasteiger partial charge on any atom is -0.434 e. The molecule has 0 N–H and O–H groups in total. The van der Waals surface area contributed by atoms with E-state index in [0.717, 1.165) is 68.7 Å². The smallest absolute Gasteiger partial charge is 0.282 e. The number of pyridine rings is 1. The van der Waals surface area contributed by atoms with Crippen LogP contribution in [0.4, 0.5) is 10.2 Å². The number of benzene rings is 1. The van der Waals surface area contributed by atoms with Crippen LogP contribution in [0.2, 0.25) is 0 Å². The van der Waals surface area contributed by atoms with Crippen LogP contribution in [-0.4, -0.2) is 82.3 Å². The van der Waals surface area contributed by atoms with Gasteiger partial charge in [-0.1, -0.05) is 19.9 Å². The van der Waals surface area contributed by atoms with Crippen LogP contribution in [0, 0.1) is 23.1 Å². The van der Waals surface area contributed by atoms with Gasteiger partial charge in [-0.25, -0.2) is 9.37 Å². The fourth-order valence-electron chi connectivity index (χ4n) is 7.77. The van der Waals surface area contributed by atoms with E-state index in [-0.39, 0.29) is 11.2 Å². The van der Waals surface area contributed by atoms with Crippen LogP contribution in [-0.2, 0) is 0 Å². The van der Waals surface area contributed by atoms with E-state index in [4.69, 9.17) is 4.74 Å². The minimum absolute atomic E-state index is 0.274. The molecule has 8 nitrogen and oxygen atoms in total. The van der Waals surface area contributed by atoms with Gasteiger partial charge in [0.05, 0.1) is 5.69 Å². The highest BCUT2D eigenvalue weighted by Crippen LogP contribution is 2.49. The topological polar surface area (TPSA) is 70.5 Å². The standard InChI is InChI=1S/C33H42FN7O/c1-21(2)30(23-14-25(15-23)39(3)4)41-18-33(19-41)11-13-40(17-33)31-32(38-37-20-36-31)42-28-10-9-24(34)16-27(28)26-6-5-12-35-29(26)22-7-8-22/h5-6,9-10,12,16,20-23,25,30H,7-8,11,13-15,17-19H2,1-4H3/t23?,25?,30-/m0/s1. The Morgan fingerprint density at radius 3 is 2.60 bits per heavy atom. The second-order valence-corrected chi connectivity index (χ2v) is 13.7. The van der Waals surface area contributed by atoms with Gasteiger partial charge in [0.2, 0.25) is 0 Å². The number of rotatable bonds is 9. The molecule has 42 heavy (non-hydrogen) atoms. The molecule has 1 spiro atoms. The molecule has 2 saturated carbocycles. The SMILES string of the molecule is CC(C)[C@@H](C1CC(N(C)C)C1)N1CC2(CCN(c3ncnnc3Oc3ccc(F)cc3-c3cccnc3C3CC3)C2)C1. The molecule has 0 amide bonds. The van der Waals surface area contributed by atoms with Crippen LogP contribution in [0.3, 0.4) is 0 Å². The average molecular weight is 572 g/mol. The molecule has 1 aromatic carbocycles. The van der Waals surface area contributed by atoms with Crippen molar-refractivity contribution in [2.75, 3.05) is 45.2 Å². The fraction of sp³-hybridized carbons (Fsp3) is 0.576. The molecular weight excluding hydrogens is 529 g/mol. The van der Waals surface area contributed by atoms with Gasteiger partial charge in [0.25, 0.3) is 5.88 Å². The normalized spacial score (nSPS) is 24.2. The molecule has 9 heteroatoms. The van der Waals surface area contributed by atoms with Crippen molar-refractivity contribution in [3.8, 4) is 22.8 Å². The Morgan fingerprint density at radius 2 is 1.86 bits per heavy atom. The van der Waals surface area contributed by atoms with Gasteiger partial charge in [-0.15, -0.1) is 10.2 Å². The lowest BCUT2D eigenvalue weighted by atomic mass is 9.68. The van der Waals surface area contributed by atoms with Crippen molar-refractivity contribution in [3.63, 3.8) is 0 Å². The average Bonchev–Trinajstić information content (AvgIpc) is 3.68. The molecule has 4 heterocycles. The van der Waals surface area contributed by atoms with Gasteiger partial charge in [-0.05, 0) is 82.3 Å². The summed E-state index contributed by atoms with van der Waals surface area (Å²) in [6.07, 6.45) is 9.27. The lowest BCUT2D eigenvalue weighted by Gasteiger charge is -2.57. The molecule has 2 aliphatic heterocycles. The fourth-order valence-corrected chi connectivity index (χ4v) is 7.77. The zero-order valence-corrected chi connectivity index (χ0v) is 25.2. The predicted molar refractivity (Wildman–Crippen MR) is 161 cm³/mol. The van der Waals surface area contributed by atoms with Crippen molar-refractivity contribution >= 4 is 5.82 Å². The van der Waals surface area contributed by atoms with E-state index >= 15 is 0 Å². The minimum atomic E-state index is -0.310. The molecule has 0 bridgehead atoms. The molecule has 4 aliphatic rings. The van der Waals surface area contributed by atoms with E-state index in [1.807, 2.05) is 18.3 Å². The lowest BCUT2D eigenvalue weighted by Crippen LogP contribution is -2.65. The largest absolute Gasteiger partial charge is 0.434 e. The number of anilines is 1. The molecule has 7 rings (SSSR count). The van der Waals surface area contributed by atoms with Gasteiger partial charge in [-0.2, -0.15) is 0 Å². The number of hydrogen-bond acceptors (Lipinski definition) is 8. The van der Waals surface area contributed by atoms with Crippen LogP contribution in [0.1, 0.15) is 57.6 Å². The van der Waals surface area contributed by atoms with Gasteiger partial charge in [0.15, 0.2) is 5.82 Å². The Morgan fingerprint density at radius 1 is 1.05 bits per heavy atom. The van der Waals surface area contributed by atoms with E-state index in [9.17, 15) is 4.39 Å². The third-order valence-electron chi connectivity index (χ3n) is 10.1. The summed E-state index contributed by atoms with van der Waals surface area (Å²) in [5.41, 5.74) is 2.86. The lowest BCUT2D eigenvalue weighted by molar-refractivity contribution is -0.0762. The van der Waals surface area contributed by atoms with E-state index < -0.39 is 0 Å². The van der Waals surface area contributed by atoms with E-state index in [1.165, 1.54) is 31.3 Å². The van der Waals surface area contributed by atoms with Gasteiger partial charge >= 0.3 is 0 Å². The molecule has 0 unspecified atom stereocenters. The van der Waals surface area contributed by atoms with Crippen LogP contribution < -0.4 is 9.64 Å². The molecule has 0 radical (unpaired) electrons. The second-order valence-electron chi connectivity index (χ2n) is 13.7. The zero-order valence-electron chi connectivity index (χ0n) is 25.2. The summed E-state index contributed by atoms with van der Waals surface area (Å²) in [6, 6.07) is 9.92. The van der Waals surface area contributed by atoms with Crippen molar-refractivity contribution in [2.24, 2.45) is 17.3 Å². The number of halogens is 1. The van der Waals surface area contributed by atoms with Crippen LogP contribution in [0.5, 0.6) is 11.6 Å². The molecule has 4 fully saturated rings. The summed E-state index contributed by atoms with van der Waals surface area (Å²) in [7, 11) is 4.41. The summed E-state index contributed by atoms with van der Waals surface area (Å²) in [5.74, 6) is 3.16. The summed E-state index contributed by atoms with van der Waals surface area (Å²) >= 11 is 0. The van der Waals surface area contributed by atoms with Crippen molar-refractivity contribution in [1.82, 2.24) is 30.0 Å². The van der Waals surface area contributed by atoms with Crippen LogP contribution >= 0.6 is 0 Å². The first kappa shape index (κ1) is 27.7. The maximum Gasteiger partial charge on any atom is 0.282 e. The second kappa shape index (κ2) is 10.8. The molecule has 2 saturated heterocycles. The van der Waals surface area contributed by atoms with Gasteiger partial charge in [0, 0.05) is 66.9 Å². The predicted octanol–water partition coefficient (Wildman–Crippen LogP) is 5.62. The van der Waals surface area contributed by atoms with Crippen LogP contribution in [0.25, 0.3) is 11.1 Å². The number of ether oxygens (including phenoxy) is 1. The first-order valence-corrected chi connectivity index (χ1v) is 15.6. The molecular formula is C33H42FN7O. The third-order valence-corrected chi connectivity index (χ3v) is 10.1. The highest BCUT2D eigenvalue weighted by Gasteiger charge is 2.53. The summed E-state index contributed by atoms with van der Waals surface area (Å²) in [5, 5.41) is 8.42. The Bertz CT molecular complexity index is 1430. The van der Waals surface area contributed by atoms with E-state index in [1.54, 1.807) is 6.07 Å². The molecule has 2 aromatic heterocycles. The molecule has 2 aliphatic carbocycles. The number of likely N-dealkylation sites (tertiary alicyclic amines) is 1. The summed E-state index contributed by atoms with van der Waals surface area (Å²) < 4.78 is 20.9. The zero-order chi connectivity index (χ0) is 29.0. The number of hydrogen-bond donors (Lipinski definition) is 0. The quantitative estimate of drug-likeness (QED) is 0.328. The van der Waals surface area contributed by atoms with Gasteiger partial charge in [-0.3, -0.25) is 9.88 Å². The highest BCUT2D eigenvalue weighted by molar-refractivity contribution is 5.74. The van der Waals surface area contributed by atoms with Gasteiger partial charge in [0.1, 0.15) is 17.9 Å². The first-order chi connectivity index (χ1) is 20.3. The Balaban J connectivity index is 1.08. The van der Waals surface area contributed by atoms with Crippen LogP contribution in [0.15, 0.2) is 42.9 Å². The van der Waals surface area contributed by atoms with Crippen molar-refractivity contribution < 1.29 is 9.13 Å². The van der Waals surface area contributed by atoms with Crippen molar-refractivity contribution in [3.05, 3.63) is 54.4 Å². The molecule has 1 atom stereocenters. The summed E-state index contributed by atoms with van der Waals surface area (Å²) in [4.78, 5) is 16.7. The molecule has 222 valence electrons. The van der Waals surface area contributed by atoms with E-state index in [2.05, 4.69) is 62.8 Å². The Labute approximate surface area is 248 Å².